The van der Waals surface area contributed by atoms with Gasteiger partial charge < -0.3 is 14.8 Å². The quantitative estimate of drug-likeness (QED) is 0.535. The molecule has 152 valence electrons. The lowest BCUT2D eigenvalue weighted by atomic mass is 10.0. The molecule has 0 atom stereocenters. The van der Waals surface area contributed by atoms with Gasteiger partial charge in [-0.15, -0.1) is 0 Å². The number of carbonyl (C=O) groups excluding carboxylic acids is 1. The van der Waals surface area contributed by atoms with Crippen molar-refractivity contribution >= 4 is 33.3 Å². The first kappa shape index (κ1) is 18.7. The molecule has 0 saturated carbocycles. The van der Waals surface area contributed by atoms with E-state index in [0.29, 0.717) is 18.1 Å². The van der Waals surface area contributed by atoms with E-state index < -0.39 is 0 Å². The summed E-state index contributed by atoms with van der Waals surface area (Å²) in [4.78, 5) is 27.6. The van der Waals surface area contributed by atoms with Crippen LogP contribution in [0, 0.1) is 0 Å². The Morgan fingerprint density at radius 2 is 1.90 bits per heavy atom. The first-order valence-corrected chi connectivity index (χ1v) is 10.7. The molecule has 4 heterocycles. The lowest BCUT2D eigenvalue weighted by molar-refractivity contribution is 0.0926. The van der Waals surface area contributed by atoms with Gasteiger partial charge in [-0.25, -0.2) is 15.0 Å². The average molecular weight is 420 g/mol. The molecular formula is C21H21N7OS. The van der Waals surface area contributed by atoms with Crippen molar-refractivity contribution in [1.29, 1.82) is 0 Å². The van der Waals surface area contributed by atoms with Crippen molar-refractivity contribution in [3.8, 4) is 0 Å². The molecule has 30 heavy (non-hydrogen) atoms. The fraction of sp³-hybridized carbons (Fsp3) is 0.286. The van der Waals surface area contributed by atoms with Crippen molar-refractivity contribution in [2.45, 2.75) is 25.4 Å². The lowest BCUT2D eigenvalue weighted by Gasteiger charge is -2.32. The number of benzene rings is 1. The minimum Gasteiger partial charge on any atom is -0.362 e. The van der Waals surface area contributed by atoms with Crippen molar-refractivity contribution in [2.75, 3.05) is 18.0 Å². The van der Waals surface area contributed by atoms with Crippen molar-refractivity contribution in [3.63, 3.8) is 0 Å². The molecule has 0 bridgehead atoms. The van der Waals surface area contributed by atoms with Gasteiger partial charge in [-0.05, 0) is 42.6 Å². The van der Waals surface area contributed by atoms with Gasteiger partial charge in [0.25, 0.3) is 5.91 Å². The normalized spacial score (nSPS) is 14.9. The summed E-state index contributed by atoms with van der Waals surface area (Å²) < 4.78 is 6.37. The second-order valence-corrected chi connectivity index (χ2v) is 8.09. The molecule has 8 nitrogen and oxygen atoms in total. The summed E-state index contributed by atoms with van der Waals surface area (Å²) in [5.41, 5.74) is 1.46. The van der Waals surface area contributed by atoms with Gasteiger partial charge in [0.2, 0.25) is 0 Å². The highest BCUT2D eigenvalue weighted by Crippen LogP contribution is 2.32. The minimum atomic E-state index is -0.135. The molecule has 3 aromatic heterocycles. The molecule has 1 fully saturated rings. The third kappa shape index (κ3) is 3.88. The van der Waals surface area contributed by atoms with Crippen molar-refractivity contribution in [2.24, 2.45) is 0 Å². The molecule has 1 amide bonds. The van der Waals surface area contributed by atoms with Gasteiger partial charge in [-0.3, -0.25) is 4.79 Å². The molecule has 4 aromatic rings. The van der Waals surface area contributed by atoms with Crippen LogP contribution in [0.4, 0.5) is 5.00 Å². The van der Waals surface area contributed by atoms with Gasteiger partial charge in [-0.1, -0.05) is 12.1 Å². The number of amides is 1. The first-order chi connectivity index (χ1) is 14.8. The van der Waals surface area contributed by atoms with E-state index in [0.717, 1.165) is 31.4 Å². The van der Waals surface area contributed by atoms with Crippen LogP contribution >= 0.6 is 11.5 Å². The maximum Gasteiger partial charge on any atom is 0.271 e. The monoisotopic (exact) mass is 419 g/mol. The predicted molar refractivity (Wildman–Crippen MR) is 116 cm³/mol. The standard InChI is InChI=1S/C21H21N7OS/c29-20(18-12-27(14-24-18)13-19-22-8-3-9-23-19)25-15-6-10-28(11-7-15)21-16-4-1-2-5-17(16)26-30-21/h1-5,8-9,12,14-15H,6-7,10-11,13H2,(H,25,29). The largest absolute Gasteiger partial charge is 0.362 e. The Labute approximate surface area is 177 Å². The number of nitrogens with one attached hydrogen (secondary N) is 1. The second-order valence-electron chi connectivity index (χ2n) is 7.34. The number of rotatable bonds is 5. The SMILES string of the molecule is O=C(NC1CCN(c2snc3ccccc23)CC1)c1cn(Cc2ncccn2)cn1. The fourth-order valence-electron chi connectivity index (χ4n) is 3.73. The summed E-state index contributed by atoms with van der Waals surface area (Å²) in [5, 5.41) is 5.56. The summed E-state index contributed by atoms with van der Waals surface area (Å²) in [5.74, 6) is 0.550. The van der Waals surface area contributed by atoms with Crippen LogP contribution in [-0.2, 0) is 6.54 Å². The molecule has 0 radical (unpaired) electrons. The highest BCUT2D eigenvalue weighted by molar-refractivity contribution is 7.11. The summed E-state index contributed by atoms with van der Waals surface area (Å²) in [6, 6.07) is 10.2. The molecule has 5 rings (SSSR count). The van der Waals surface area contributed by atoms with E-state index in [-0.39, 0.29) is 11.9 Å². The Hall–Kier alpha value is -3.33. The Balaban J connectivity index is 1.17. The maximum absolute atomic E-state index is 12.6. The fourth-order valence-corrected chi connectivity index (χ4v) is 4.64. The van der Waals surface area contributed by atoms with Crippen LogP contribution in [-0.4, -0.2) is 48.9 Å². The zero-order valence-corrected chi connectivity index (χ0v) is 17.1. The van der Waals surface area contributed by atoms with Gasteiger partial charge >= 0.3 is 0 Å². The smallest absolute Gasteiger partial charge is 0.271 e. The zero-order valence-electron chi connectivity index (χ0n) is 16.3. The van der Waals surface area contributed by atoms with E-state index in [9.17, 15) is 4.79 Å². The first-order valence-electron chi connectivity index (χ1n) is 9.94. The molecule has 0 unspecified atom stereocenters. The Morgan fingerprint density at radius 3 is 2.73 bits per heavy atom. The molecule has 1 aliphatic heterocycles. The summed E-state index contributed by atoms with van der Waals surface area (Å²) in [6.07, 6.45) is 8.59. The molecule has 0 aliphatic carbocycles. The lowest BCUT2D eigenvalue weighted by Crippen LogP contribution is -2.44. The highest BCUT2D eigenvalue weighted by atomic mass is 32.1. The predicted octanol–water partition coefficient (Wildman–Crippen LogP) is 2.73. The van der Waals surface area contributed by atoms with Gasteiger partial charge in [0.1, 0.15) is 16.5 Å². The van der Waals surface area contributed by atoms with Gasteiger partial charge in [0, 0.05) is 43.1 Å². The van der Waals surface area contributed by atoms with Crippen molar-refractivity contribution < 1.29 is 4.79 Å². The topological polar surface area (TPSA) is 88.8 Å². The van der Waals surface area contributed by atoms with Gasteiger partial charge in [0.15, 0.2) is 0 Å². The van der Waals surface area contributed by atoms with Crippen molar-refractivity contribution in [1.82, 2.24) is 29.2 Å². The number of fused-ring (bicyclic) bond motifs is 1. The van der Waals surface area contributed by atoms with E-state index in [1.165, 1.54) is 10.4 Å². The molecule has 1 saturated heterocycles. The molecule has 1 N–H and O–H groups in total. The minimum absolute atomic E-state index is 0.135. The third-order valence-corrected chi connectivity index (χ3v) is 6.23. The number of piperidine rings is 1. The maximum atomic E-state index is 12.6. The molecule has 1 aliphatic rings. The van der Waals surface area contributed by atoms with Crippen molar-refractivity contribution in [3.05, 3.63) is 66.8 Å². The van der Waals surface area contributed by atoms with Crippen LogP contribution in [0.1, 0.15) is 29.2 Å². The van der Waals surface area contributed by atoms with E-state index in [2.05, 4.69) is 41.7 Å². The van der Waals surface area contributed by atoms with E-state index >= 15 is 0 Å². The molecule has 0 spiro atoms. The van der Waals surface area contributed by atoms with Crippen LogP contribution in [0.25, 0.3) is 10.9 Å². The van der Waals surface area contributed by atoms with Crippen LogP contribution in [0.15, 0.2) is 55.2 Å². The number of aromatic nitrogens is 5. The van der Waals surface area contributed by atoms with Crippen LogP contribution in [0.3, 0.4) is 0 Å². The summed E-state index contributed by atoms with van der Waals surface area (Å²) in [7, 11) is 0. The Kier molecular flexibility index (Phi) is 5.10. The van der Waals surface area contributed by atoms with Gasteiger partial charge in [0.05, 0.1) is 18.4 Å². The molecular weight excluding hydrogens is 398 g/mol. The summed E-state index contributed by atoms with van der Waals surface area (Å²) >= 11 is 1.55. The number of anilines is 1. The Bertz CT molecular complexity index is 1150. The second kappa shape index (κ2) is 8.19. The zero-order chi connectivity index (χ0) is 20.3. The summed E-state index contributed by atoms with van der Waals surface area (Å²) in [6.45, 7) is 2.29. The highest BCUT2D eigenvalue weighted by Gasteiger charge is 2.24. The number of imidazole rings is 1. The third-order valence-electron chi connectivity index (χ3n) is 5.29. The van der Waals surface area contributed by atoms with Crippen LogP contribution in [0.2, 0.25) is 0 Å². The molecule has 1 aromatic carbocycles. The van der Waals surface area contributed by atoms with E-state index in [1.54, 1.807) is 42.5 Å². The van der Waals surface area contributed by atoms with Crippen LogP contribution < -0.4 is 10.2 Å². The van der Waals surface area contributed by atoms with Gasteiger partial charge in [-0.2, -0.15) is 4.37 Å². The number of hydrogen-bond donors (Lipinski definition) is 1. The number of nitrogens with zero attached hydrogens (tertiary/aromatic N) is 6. The average Bonchev–Trinajstić information content (AvgIpc) is 3.42. The molecule has 9 heteroatoms. The number of carbonyl (C=O) groups is 1. The van der Waals surface area contributed by atoms with Crippen LogP contribution in [0.5, 0.6) is 0 Å². The van der Waals surface area contributed by atoms with E-state index in [4.69, 9.17) is 0 Å². The Morgan fingerprint density at radius 1 is 1.10 bits per heavy atom. The van der Waals surface area contributed by atoms with E-state index in [1.807, 2.05) is 16.7 Å². The number of hydrogen-bond acceptors (Lipinski definition) is 7.